The fraction of sp³-hybridized carbons (Fsp3) is 0.250. The van der Waals surface area contributed by atoms with Gasteiger partial charge in [-0.15, -0.1) is 0 Å². The van der Waals surface area contributed by atoms with E-state index in [1.54, 1.807) is 21.1 Å². The van der Waals surface area contributed by atoms with E-state index in [0.717, 1.165) is 39.8 Å². The van der Waals surface area contributed by atoms with Crippen molar-refractivity contribution in [3.8, 4) is 22.8 Å². The number of methoxy groups -OCH3 is 2. The highest BCUT2D eigenvalue weighted by Gasteiger charge is 2.24. The van der Waals surface area contributed by atoms with E-state index in [0.29, 0.717) is 23.0 Å². The maximum Gasteiger partial charge on any atom is 0.350 e. The molecule has 4 rings (SSSR count). The normalized spacial score (nSPS) is 10.9. The summed E-state index contributed by atoms with van der Waals surface area (Å²) < 4.78 is 18.0. The first-order valence-electron chi connectivity index (χ1n) is 10.3. The molecule has 0 spiro atoms. The van der Waals surface area contributed by atoms with Crippen LogP contribution in [-0.4, -0.2) is 36.2 Å². The molecule has 2 aromatic heterocycles. The van der Waals surface area contributed by atoms with Crippen molar-refractivity contribution in [2.45, 2.75) is 20.4 Å². The number of carbonyl (C=O) groups is 1. The smallest absolute Gasteiger partial charge is 0.350 e. The Labute approximate surface area is 190 Å². The number of nitrogens with zero attached hydrogens (tertiary/aromatic N) is 2. The second kappa shape index (κ2) is 9.32. The molecule has 0 fully saturated rings. The van der Waals surface area contributed by atoms with Gasteiger partial charge in [0.1, 0.15) is 27.9 Å². The van der Waals surface area contributed by atoms with Crippen molar-refractivity contribution in [1.29, 1.82) is 0 Å². The number of thiazole rings is 1. The quantitative estimate of drug-likeness (QED) is 0.372. The molecule has 4 aromatic rings. The molecule has 0 radical (unpaired) electrons. The summed E-state index contributed by atoms with van der Waals surface area (Å²) in [5.74, 6) is 2.00. The number of benzene rings is 2. The van der Waals surface area contributed by atoms with E-state index in [9.17, 15) is 4.79 Å². The minimum absolute atomic E-state index is 0.327. The van der Waals surface area contributed by atoms with Gasteiger partial charge in [-0.1, -0.05) is 35.6 Å². The first-order chi connectivity index (χ1) is 15.6. The number of anilines is 1. The number of hydrogen-bond donors (Lipinski definition) is 1. The van der Waals surface area contributed by atoms with Crippen LogP contribution in [0.2, 0.25) is 0 Å². The Kier molecular flexibility index (Phi) is 6.32. The van der Waals surface area contributed by atoms with Gasteiger partial charge in [-0.2, -0.15) is 0 Å². The van der Waals surface area contributed by atoms with Crippen molar-refractivity contribution in [3.05, 3.63) is 64.7 Å². The van der Waals surface area contributed by atoms with Crippen LogP contribution in [0.1, 0.15) is 27.9 Å². The van der Waals surface area contributed by atoms with E-state index in [1.807, 2.05) is 59.9 Å². The van der Waals surface area contributed by atoms with Crippen LogP contribution in [0.4, 0.5) is 5.82 Å². The lowest BCUT2D eigenvalue weighted by Gasteiger charge is -2.12. The van der Waals surface area contributed by atoms with Gasteiger partial charge in [-0.05, 0) is 43.7 Å². The monoisotopic (exact) mass is 451 g/mol. The molecular formula is C24H25N3O4S. The lowest BCUT2D eigenvalue weighted by molar-refractivity contribution is 0.0531. The van der Waals surface area contributed by atoms with E-state index in [2.05, 4.69) is 5.32 Å². The van der Waals surface area contributed by atoms with E-state index in [4.69, 9.17) is 19.2 Å². The van der Waals surface area contributed by atoms with E-state index >= 15 is 0 Å². The molecule has 0 saturated carbocycles. The third-order valence-electron chi connectivity index (χ3n) is 5.15. The molecule has 0 atom stereocenters. The molecular weight excluding hydrogens is 426 g/mol. The summed E-state index contributed by atoms with van der Waals surface area (Å²) in [6, 6.07) is 15.6. The fourth-order valence-electron chi connectivity index (χ4n) is 3.55. The van der Waals surface area contributed by atoms with Crippen molar-refractivity contribution in [2.24, 2.45) is 0 Å². The van der Waals surface area contributed by atoms with Crippen LogP contribution in [-0.2, 0) is 11.3 Å². The average molecular weight is 452 g/mol. The molecule has 0 unspecified atom stereocenters. The van der Waals surface area contributed by atoms with Crippen LogP contribution in [0.5, 0.6) is 11.5 Å². The Hall–Kier alpha value is -3.52. The molecule has 0 saturated heterocycles. The van der Waals surface area contributed by atoms with Gasteiger partial charge in [0, 0.05) is 17.8 Å². The third kappa shape index (κ3) is 4.01. The Morgan fingerprint density at radius 3 is 2.53 bits per heavy atom. The Balaban J connectivity index is 1.80. The van der Waals surface area contributed by atoms with E-state index in [-0.39, 0.29) is 5.97 Å². The number of esters is 1. The zero-order chi connectivity index (χ0) is 22.7. The number of aromatic nitrogens is 2. The van der Waals surface area contributed by atoms with Gasteiger partial charge in [-0.3, -0.25) is 4.40 Å². The number of imidazole rings is 1. The number of rotatable bonds is 8. The highest BCUT2D eigenvalue weighted by Crippen LogP contribution is 2.38. The van der Waals surface area contributed by atoms with Gasteiger partial charge < -0.3 is 19.5 Å². The zero-order valence-corrected chi connectivity index (χ0v) is 19.3. The first-order valence-corrected chi connectivity index (χ1v) is 11.1. The number of hydrogen-bond acceptors (Lipinski definition) is 7. The molecule has 0 aliphatic carbocycles. The lowest BCUT2D eigenvalue weighted by Crippen LogP contribution is -2.07. The average Bonchev–Trinajstić information content (AvgIpc) is 3.34. The number of fused-ring (bicyclic) bond motifs is 1. The molecule has 2 aromatic carbocycles. The van der Waals surface area contributed by atoms with Crippen LogP contribution >= 0.6 is 11.3 Å². The van der Waals surface area contributed by atoms with E-state index in [1.165, 1.54) is 11.3 Å². The van der Waals surface area contributed by atoms with Crippen LogP contribution in [0.15, 0.2) is 48.5 Å². The summed E-state index contributed by atoms with van der Waals surface area (Å²) in [5, 5.41) is 3.52. The van der Waals surface area contributed by atoms with Crippen LogP contribution in [0.25, 0.3) is 16.2 Å². The van der Waals surface area contributed by atoms with Gasteiger partial charge in [-0.25, -0.2) is 9.78 Å². The van der Waals surface area contributed by atoms with Gasteiger partial charge in [0.25, 0.3) is 0 Å². The maximum absolute atomic E-state index is 12.4. The highest BCUT2D eigenvalue weighted by atomic mass is 32.1. The number of carbonyl (C=O) groups excluding carboxylic acids is 1. The predicted molar refractivity (Wildman–Crippen MR) is 126 cm³/mol. The maximum atomic E-state index is 12.4. The number of para-hydroxylation sites is 1. The minimum atomic E-state index is -0.333. The van der Waals surface area contributed by atoms with Gasteiger partial charge in [0.2, 0.25) is 0 Å². The topological polar surface area (TPSA) is 74.1 Å². The Morgan fingerprint density at radius 2 is 1.84 bits per heavy atom. The van der Waals surface area contributed by atoms with Gasteiger partial charge >= 0.3 is 5.97 Å². The summed E-state index contributed by atoms with van der Waals surface area (Å²) in [6.45, 7) is 4.60. The molecule has 7 nitrogen and oxygen atoms in total. The summed E-state index contributed by atoms with van der Waals surface area (Å²) in [7, 11) is 3.29. The molecule has 1 N–H and O–H groups in total. The molecule has 0 aliphatic heterocycles. The van der Waals surface area contributed by atoms with Crippen LogP contribution in [0, 0.1) is 6.92 Å². The third-order valence-corrected chi connectivity index (χ3v) is 6.27. The zero-order valence-electron chi connectivity index (χ0n) is 18.5. The van der Waals surface area contributed by atoms with Crippen LogP contribution < -0.4 is 14.8 Å². The summed E-state index contributed by atoms with van der Waals surface area (Å²) >= 11 is 1.32. The second-order valence-electron chi connectivity index (χ2n) is 7.07. The van der Waals surface area contributed by atoms with E-state index < -0.39 is 0 Å². The van der Waals surface area contributed by atoms with Crippen molar-refractivity contribution in [3.63, 3.8) is 0 Å². The minimum Gasteiger partial charge on any atom is -0.497 e. The molecule has 0 bridgehead atoms. The first kappa shape index (κ1) is 21.7. The molecule has 2 heterocycles. The van der Waals surface area contributed by atoms with Crippen molar-refractivity contribution >= 4 is 28.1 Å². The molecule has 166 valence electrons. The number of aryl methyl sites for hydroxylation is 1. The molecule has 0 aliphatic rings. The van der Waals surface area contributed by atoms with Crippen molar-refractivity contribution in [2.75, 3.05) is 26.1 Å². The molecule has 0 amide bonds. The number of ether oxygens (including phenoxy) is 3. The number of nitrogens with one attached hydrogen (secondary N) is 1. The standard InChI is InChI=1S/C24H25N3O4S/c1-5-31-23(28)21-15(2)27-22(25-14-16-10-12-17(29-3)13-11-16)20(26-24(27)32-21)18-8-6-7-9-19(18)30-4/h6-13,25H,5,14H2,1-4H3. The Bertz CT molecular complexity index is 1240. The SMILES string of the molecule is CCOC(=O)c1sc2nc(-c3ccccc3OC)c(NCc3ccc(OC)cc3)n2c1C. The van der Waals surface area contributed by atoms with Gasteiger partial charge in [0.05, 0.1) is 20.8 Å². The highest BCUT2D eigenvalue weighted by molar-refractivity contribution is 7.19. The molecule has 32 heavy (non-hydrogen) atoms. The second-order valence-corrected chi connectivity index (χ2v) is 8.04. The van der Waals surface area contributed by atoms with Crippen molar-refractivity contribution < 1.29 is 19.0 Å². The van der Waals surface area contributed by atoms with Crippen molar-refractivity contribution in [1.82, 2.24) is 9.38 Å². The van der Waals surface area contributed by atoms with Crippen LogP contribution in [0.3, 0.4) is 0 Å². The largest absolute Gasteiger partial charge is 0.497 e. The Morgan fingerprint density at radius 1 is 1.09 bits per heavy atom. The summed E-state index contributed by atoms with van der Waals surface area (Å²) in [6.07, 6.45) is 0. The van der Waals surface area contributed by atoms with Gasteiger partial charge in [0.15, 0.2) is 4.96 Å². The summed E-state index contributed by atoms with van der Waals surface area (Å²) in [5.41, 5.74) is 3.51. The molecule has 8 heteroatoms. The predicted octanol–water partition coefficient (Wildman–Crippen LogP) is 5.18. The lowest BCUT2D eigenvalue weighted by atomic mass is 10.1. The summed E-state index contributed by atoms with van der Waals surface area (Å²) in [4.78, 5) is 18.6. The fourth-order valence-corrected chi connectivity index (χ4v) is 4.57.